The van der Waals surface area contributed by atoms with E-state index in [9.17, 15) is 19.5 Å². The Morgan fingerprint density at radius 3 is 2.46 bits per heavy atom. The van der Waals surface area contributed by atoms with Gasteiger partial charge in [0.2, 0.25) is 0 Å². The van der Waals surface area contributed by atoms with Gasteiger partial charge < -0.3 is 14.6 Å². The molecule has 2 aromatic carbocycles. The number of ether oxygens (including phenoxy) is 1. The molecule has 0 saturated carbocycles. The van der Waals surface area contributed by atoms with Crippen LogP contribution in [0.25, 0.3) is 0 Å². The van der Waals surface area contributed by atoms with Gasteiger partial charge in [0, 0.05) is 17.5 Å². The zero-order valence-electron chi connectivity index (χ0n) is 13.4. The van der Waals surface area contributed by atoms with Crippen LogP contribution < -0.4 is 4.74 Å². The van der Waals surface area contributed by atoms with Gasteiger partial charge in [0.1, 0.15) is 17.3 Å². The Hall–Kier alpha value is -2.95. The lowest BCUT2D eigenvalue weighted by molar-refractivity contribution is -0.116. The predicted octanol–water partition coefficient (Wildman–Crippen LogP) is 2.70. The van der Waals surface area contributed by atoms with Crippen molar-refractivity contribution >= 4 is 17.3 Å². The Bertz CT molecular complexity index is 880. The first-order valence-electron chi connectivity index (χ1n) is 7.55. The molecule has 0 heterocycles. The number of carbonyl (C=O) groups excluding carboxylic acids is 3. The first kappa shape index (κ1) is 15.9. The molecule has 0 radical (unpaired) electrons. The summed E-state index contributed by atoms with van der Waals surface area (Å²) < 4.78 is 5.21. The number of hydrogen-bond acceptors (Lipinski definition) is 5. The average molecular weight is 324 g/mol. The van der Waals surface area contributed by atoms with Gasteiger partial charge >= 0.3 is 0 Å². The van der Waals surface area contributed by atoms with Gasteiger partial charge in [-0.1, -0.05) is 12.1 Å². The van der Waals surface area contributed by atoms with Crippen LogP contribution in [0.1, 0.15) is 50.8 Å². The Morgan fingerprint density at radius 1 is 1.08 bits per heavy atom. The van der Waals surface area contributed by atoms with Crippen LogP contribution >= 0.6 is 0 Å². The van der Waals surface area contributed by atoms with Crippen molar-refractivity contribution in [2.24, 2.45) is 0 Å². The van der Waals surface area contributed by atoms with Gasteiger partial charge in [-0.05, 0) is 37.1 Å². The molecule has 5 heteroatoms. The number of hydrogen-bond donors (Lipinski definition) is 1. The first-order valence-corrected chi connectivity index (χ1v) is 7.55. The van der Waals surface area contributed by atoms with Gasteiger partial charge in [-0.2, -0.15) is 0 Å². The average Bonchev–Trinajstić information content (AvgIpc) is 2.56. The molecule has 0 fully saturated rings. The minimum Gasteiger partial charge on any atom is -0.507 e. The van der Waals surface area contributed by atoms with E-state index >= 15 is 0 Å². The fourth-order valence-corrected chi connectivity index (χ4v) is 2.96. The SMILES string of the molecule is COc1cccc2c1C(=O)c1cc(CCC(C)=O)cc(O)c1C2=O. The topological polar surface area (TPSA) is 80.7 Å². The predicted molar refractivity (Wildman–Crippen MR) is 87.0 cm³/mol. The summed E-state index contributed by atoms with van der Waals surface area (Å²) in [5.41, 5.74) is 1.23. The number of benzene rings is 2. The van der Waals surface area contributed by atoms with Crippen molar-refractivity contribution in [1.29, 1.82) is 0 Å². The van der Waals surface area contributed by atoms with Crippen molar-refractivity contribution in [1.82, 2.24) is 0 Å². The molecule has 0 aliphatic heterocycles. The number of Topliss-reactive ketones (excluding diaryl/α,β-unsaturated/α-hetero) is 1. The number of aromatic hydroxyl groups is 1. The standard InChI is InChI=1S/C19H16O5/c1-10(20)6-7-11-8-13-16(14(21)9-11)18(22)12-4-3-5-15(24-2)17(12)19(13)23/h3-5,8-9,21H,6-7H2,1-2H3. The van der Waals surface area contributed by atoms with Crippen LogP contribution in [0.3, 0.4) is 0 Å². The van der Waals surface area contributed by atoms with Gasteiger partial charge in [-0.25, -0.2) is 0 Å². The molecule has 0 spiro atoms. The number of aryl methyl sites for hydroxylation is 1. The van der Waals surface area contributed by atoms with E-state index in [0.717, 1.165) is 0 Å². The number of carbonyl (C=O) groups is 3. The van der Waals surface area contributed by atoms with Gasteiger partial charge in [-0.15, -0.1) is 0 Å². The summed E-state index contributed by atoms with van der Waals surface area (Å²) in [6.07, 6.45) is 0.705. The summed E-state index contributed by atoms with van der Waals surface area (Å²) in [6, 6.07) is 7.82. The summed E-state index contributed by atoms with van der Waals surface area (Å²) >= 11 is 0. The second-order valence-electron chi connectivity index (χ2n) is 5.78. The molecule has 1 aliphatic rings. The van der Waals surface area contributed by atoms with Gasteiger partial charge in [0.05, 0.1) is 18.2 Å². The number of rotatable bonds is 4. The molecule has 122 valence electrons. The number of phenols is 1. The number of ketones is 3. The molecule has 0 aromatic heterocycles. The lowest BCUT2D eigenvalue weighted by Gasteiger charge is -2.21. The van der Waals surface area contributed by atoms with Crippen molar-refractivity contribution in [3.63, 3.8) is 0 Å². The van der Waals surface area contributed by atoms with Gasteiger partial charge in [0.25, 0.3) is 0 Å². The van der Waals surface area contributed by atoms with Crippen LogP contribution in [0.2, 0.25) is 0 Å². The Morgan fingerprint density at radius 2 is 1.79 bits per heavy atom. The molecule has 0 unspecified atom stereocenters. The van der Waals surface area contributed by atoms with E-state index in [4.69, 9.17) is 4.74 Å². The number of fused-ring (bicyclic) bond motifs is 2. The fourth-order valence-electron chi connectivity index (χ4n) is 2.96. The summed E-state index contributed by atoms with van der Waals surface area (Å²) in [4.78, 5) is 36.7. The molecular formula is C19H16O5. The zero-order chi connectivity index (χ0) is 17.4. The molecule has 0 saturated heterocycles. The smallest absolute Gasteiger partial charge is 0.198 e. The molecule has 3 rings (SSSR count). The van der Waals surface area contributed by atoms with Crippen molar-refractivity contribution in [2.75, 3.05) is 7.11 Å². The highest BCUT2D eigenvalue weighted by atomic mass is 16.5. The zero-order valence-corrected chi connectivity index (χ0v) is 13.4. The molecule has 5 nitrogen and oxygen atoms in total. The van der Waals surface area contributed by atoms with Crippen LogP contribution in [-0.4, -0.2) is 29.6 Å². The minimum absolute atomic E-state index is 0.00679. The third-order valence-electron chi connectivity index (χ3n) is 4.13. The van der Waals surface area contributed by atoms with Crippen LogP contribution in [-0.2, 0) is 11.2 Å². The third kappa shape index (κ3) is 2.48. The summed E-state index contributed by atoms with van der Waals surface area (Å²) in [7, 11) is 1.43. The Labute approximate surface area is 138 Å². The monoisotopic (exact) mass is 324 g/mol. The van der Waals surface area contributed by atoms with Gasteiger partial charge in [0.15, 0.2) is 11.6 Å². The van der Waals surface area contributed by atoms with E-state index < -0.39 is 5.78 Å². The second kappa shape index (κ2) is 5.92. The van der Waals surface area contributed by atoms with E-state index in [-0.39, 0.29) is 39.6 Å². The lowest BCUT2D eigenvalue weighted by Crippen LogP contribution is -2.22. The molecule has 2 aromatic rings. The van der Waals surface area contributed by atoms with Crippen molar-refractivity contribution in [3.8, 4) is 11.5 Å². The fraction of sp³-hybridized carbons (Fsp3) is 0.211. The Kier molecular flexibility index (Phi) is 3.93. The van der Waals surface area contributed by atoms with E-state index in [0.29, 0.717) is 24.2 Å². The summed E-state index contributed by atoms with van der Waals surface area (Å²) in [5.74, 6) is -0.671. The summed E-state index contributed by atoms with van der Waals surface area (Å²) in [6.45, 7) is 1.48. The molecule has 1 aliphatic carbocycles. The second-order valence-corrected chi connectivity index (χ2v) is 5.78. The highest BCUT2D eigenvalue weighted by Gasteiger charge is 2.34. The van der Waals surface area contributed by atoms with Crippen molar-refractivity contribution < 1.29 is 24.2 Å². The lowest BCUT2D eigenvalue weighted by atomic mass is 9.82. The van der Waals surface area contributed by atoms with E-state index in [1.165, 1.54) is 20.1 Å². The third-order valence-corrected chi connectivity index (χ3v) is 4.13. The maximum atomic E-state index is 12.9. The minimum atomic E-state index is -0.408. The quantitative estimate of drug-likeness (QED) is 0.798. The molecular weight excluding hydrogens is 308 g/mol. The Balaban J connectivity index is 2.16. The van der Waals surface area contributed by atoms with E-state index in [2.05, 4.69) is 0 Å². The molecule has 0 amide bonds. The molecule has 24 heavy (non-hydrogen) atoms. The summed E-state index contributed by atoms with van der Waals surface area (Å²) in [5, 5.41) is 10.3. The van der Waals surface area contributed by atoms with E-state index in [1.54, 1.807) is 24.3 Å². The van der Waals surface area contributed by atoms with Crippen molar-refractivity contribution in [2.45, 2.75) is 19.8 Å². The largest absolute Gasteiger partial charge is 0.507 e. The molecule has 1 N–H and O–H groups in total. The highest BCUT2D eigenvalue weighted by Crippen LogP contribution is 2.37. The molecule has 0 atom stereocenters. The number of methoxy groups -OCH3 is 1. The normalized spacial score (nSPS) is 12.6. The number of phenolic OH excluding ortho intramolecular Hbond substituents is 1. The maximum Gasteiger partial charge on any atom is 0.198 e. The van der Waals surface area contributed by atoms with Crippen LogP contribution in [0.4, 0.5) is 0 Å². The van der Waals surface area contributed by atoms with Crippen LogP contribution in [0.15, 0.2) is 30.3 Å². The first-order chi connectivity index (χ1) is 11.4. The van der Waals surface area contributed by atoms with Crippen LogP contribution in [0.5, 0.6) is 11.5 Å². The van der Waals surface area contributed by atoms with Crippen molar-refractivity contribution in [3.05, 3.63) is 58.1 Å². The van der Waals surface area contributed by atoms with Crippen LogP contribution in [0, 0.1) is 0 Å². The maximum absolute atomic E-state index is 12.9. The van der Waals surface area contributed by atoms with Gasteiger partial charge in [-0.3, -0.25) is 9.59 Å². The molecule has 0 bridgehead atoms. The van der Waals surface area contributed by atoms with E-state index in [1.807, 2.05) is 0 Å². The highest BCUT2D eigenvalue weighted by molar-refractivity contribution is 6.30.